The third-order valence-electron chi connectivity index (χ3n) is 3.24. The van der Waals surface area contributed by atoms with Crippen molar-refractivity contribution in [2.45, 2.75) is 13.8 Å². The quantitative estimate of drug-likeness (QED) is 0.654. The minimum atomic E-state index is -0.608. The summed E-state index contributed by atoms with van der Waals surface area (Å²) in [6, 6.07) is 8.65. The molecular weight excluding hydrogens is 298 g/mol. The van der Waals surface area contributed by atoms with Crippen molar-refractivity contribution in [1.82, 2.24) is 0 Å². The smallest absolute Gasteiger partial charge is 0.340 e. The van der Waals surface area contributed by atoms with Gasteiger partial charge in [0.1, 0.15) is 0 Å². The predicted octanol–water partition coefficient (Wildman–Crippen LogP) is 2.71. The summed E-state index contributed by atoms with van der Waals surface area (Å²) in [6.07, 6.45) is 0.416. The third-order valence-corrected chi connectivity index (χ3v) is 3.24. The molecule has 0 unspecified atom stereocenters. The van der Waals surface area contributed by atoms with Gasteiger partial charge in [-0.3, -0.25) is 4.79 Å². The first-order valence-corrected chi connectivity index (χ1v) is 7.24. The van der Waals surface area contributed by atoms with E-state index < -0.39 is 11.9 Å². The van der Waals surface area contributed by atoms with Crippen molar-refractivity contribution in [3.63, 3.8) is 0 Å². The summed E-state index contributed by atoms with van der Waals surface area (Å²) >= 11 is 0. The number of rotatable bonds is 6. The van der Waals surface area contributed by atoms with Crippen LogP contribution in [0.25, 0.3) is 11.1 Å². The SMILES string of the molecule is CCOC(=O)c1c2cccccc-2c(C(=O)OCC)c1NC=O. The van der Waals surface area contributed by atoms with E-state index in [-0.39, 0.29) is 30.0 Å². The fourth-order valence-electron chi connectivity index (χ4n) is 2.41. The first-order chi connectivity index (χ1) is 11.2. The fourth-order valence-corrected chi connectivity index (χ4v) is 2.41. The van der Waals surface area contributed by atoms with Crippen molar-refractivity contribution < 1.29 is 23.9 Å². The number of amides is 1. The topological polar surface area (TPSA) is 81.7 Å². The molecule has 6 heteroatoms. The average Bonchev–Trinajstić information content (AvgIpc) is 2.66. The van der Waals surface area contributed by atoms with E-state index in [1.165, 1.54) is 0 Å². The number of carbonyl (C=O) groups is 3. The number of ether oxygens (including phenoxy) is 2. The molecule has 0 spiro atoms. The third kappa shape index (κ3) is 3.15. The van der Waals surface area contributed by atoms with Crippen molar-refractivity contribution in [3.8, 4) is 11.1 Å². The summed E-state index contributed by atoms with van der Waals surface area (Å²) in [6.45, 7) is 3.73. The largest absolute Gasteiger partial charge is 0.462 e. The molecule has 0 bridgehead atoms. The second kappa shape index (κ2) is 7.40. The van der Waals surface area contributed by atoms with E-state index in [1.807, 2.05) is 0 Å². The van der Waals surface area contributed by atoms with Gasteiger partial charge in [-0.25, -0.2) is 9.59 Å². The molecule has 2 aliphatic rings. The molecule has 0 aromatic rings. The van der Waals surface area contributed by atoms with Crippen molar-refractivity contribution >= 4 is 24.0 Å². The van der Waals surface area contributed by atoms with Crippen LogP contribution in [0.4, 0.5) is 5.69 Å². The number of esters is 2. The van der Waals surface area contributed by atoms with Crippen LogP contribution < -0.4 is 5.32 Å². The van der Waals surface area contributed by atoms with Crippen molar-refractivity contribution in [1.29, 1.82) is 0 Å². The minimum absolute atomic E-state index is 0.109. The van der Waals surface area contributed by atoms with Gasteiger partial charge >= 0.3 is 11.9 Å². The Morgan fingerprint density at radius 2 is 1.43 bits per heavy atom. The monoisotopic (exact) mass is 315 g/mol. The van der Waals surface area contributed by atoms with Crippen LogP contribution in [0.1, 0.15) is 34.6 Å². The Morgan fingerprint density at radius 3 is 1.83 bits per heavy atom. The summed E-state index contributed by atoms with van der Waals surface area (Å²) in [5.41, 5.74) is 1.43. The zero-order chi connectivity index (χ0) is 16.8. The first-order valence-electron chi connectivity index (χ1n) is 7.24. The van der Waals surface area contributed by atoms with Crippen molar-refractivity contribution in [3.05, 3.63) is 41.5 Å². The minimum Gasteiger partial charge on any atom is -0.462 e. The molecule has 0 saturated heterocycles. The highest BCUT2D eigenvalue weighted by Crippen LogP contribution is 2.40. The molecule has 0 aromatic heterocycles. The number of nitrogens with one attached hydrogen (secondary N) is 1. The van der Waals surface area contributed by atoms with Crippen molar-refractivity contribution in [2.24, 2.45) is 0 Å². The molecule has 0 heterocycles. The predicted molar refractivity (Wildman–Crippen MR) is 84.7 cm³/mol. The number of carbonyl (C=O) groups excluding carboxylic acids is 3. The number of fused-ring (bicyclic) bond motifs is 1. The second-order valence-electron chi connectivity index (χ2n) is 4.57. The lowest BCUT2D eigenvalue weighted by atomic mass is 10.1. The Balaban J connectivity index is 2.77. The summed E-state index contributed by atoms with van der Waals surface area (Å²) in [5.74, 6) is -1.22. The molecule has 1 N–H and O–H groups in total. The zero-order valence-electron chi connectivity index (χ0n) is 12.9. The molecule has 120 valence electrons. The first kappa shape index (κ1) is 16.5. The Labute approximate surface area is 133 Å². The lowest BCUT2D eigenvalue weighted by molar-refractivity contribution is -0.105. The number of hydrogen-bond acceptors (Lipinski definition) is 5. The average molecular weight is 315 g/mol. The van der Waals surface area contributed by atoms with Crippen LogP contribution >= 0.6 is 0 Å². The molecule has 2 aliphatic carbocycles. The Morgan fingerprint density at radius 1 is 0.957 bits per heavy atom. The Hall–Kier alpha value is -2.89. The Kier molecular flexibility index (Phi) is 5.30. The van der Waals surface area contributed by atoms with E-state index in [0.29, 0.717) is 17.5 Å². The van der Waals surface area contributed by atoms with Gasteiger partial charge in [-0.2, -0.15) is 0 Å². The van der Waals surface area contributed by atoms with Gasteiger partial charge < -0.3 is 14.8 Å². The van der Waals surface area contributed by atoms with E-state index >= 15 is 0 Å². The molecule has 0 aliphatic heterocycles. The molecule has 6 nitrogen and oxygen atoms in total. The maximum Gasteiger partial charge on any atom is 0.340 e. The molecule has 0 fully saturated rings. The van der Waals surface area contributed by atoms with Gasteiger partial charge in [0.15, 0.2) is 0 Å². The summed E-state index contributed by atoms with van der Waals surface area (Å²) in [7, 11) is 0. The standard InChI is InChI=1S/C17H17NO5/c1-3-22-16(20)13-11-8-6-5-7-9-12(11)14(15(13)18-10-19)17(21)23-4-2/h5-10H,3-4H2,1-2H3,(H,18,19). The summed E-state index contributed by atoms with van der Waals surface area (Å²) < 4.78 is 10.1. The van der Waals surface area contributed by atoms with E-state index in [0.717, 1.165) is 0 Å². The van der Waals surface area contributed by atoms with Crippen LogP contribution in [-0.4, -0.2) is 31.6 Å². The van der Waals surface area contributed by atoms with E-state index in [4.69, 9.17) is 9.47 Å². The van der Waals surface area contributed by atoms with Crippen LogP contribution in [0.5, 0.6) is 0 Å². The maximum atomic E-state index is 12.3. The highest BCUT2D eigenvalue weighted by atomic mass is 16.5. The number of anilines is 1. The lowest BCUT2D eigenvalue weighted by Gasteiger charge is -2.06. The number of hydrogen-bond donors (Lipinski definition) is 1. The van der Waals surface area contributed by atoms with Gasteiger partial charge in [-0.1, -0.05) is 30.3 Å². The summed E-state index contributed by atoms with van der Waals surface area (Å²) in [4.78, 5) is 35.6. The fraction of sp³-hybridized carbons (Fsp3) is 0.235. The van der Waals surface area contributed by atoms with Crippen LogP contribution in [-0.2, 0) is 14.3 Å². The molecule has 0 radical (unpaired) electrons. The molecular formula is C17H17NO5. The van der Waals surface area contributed by atoms with Gasteiger partial charge in [0.05, 0.1) is 30.0 Å². The molecule has 0 atom stereocenters. The zero-order valence-corrected chi connectivity index (χ0v) is 12.9. The van der Waals surface area contributed by atoms with Gasteiger partial charge in [0.25, 0.3) is 0 Å². The van der Waals surface area contributed by atoms with Crippen LogP contribution in [0, 0.1) is 0 Å². The van der Waals surface area contributed by atoms with Gasteiger partial charge in [0, 0.05) is 0 Å². The molecule has 0 saturated carbocycles. The lowest BCUT2D eigenvalue weighted by Crippen LogP contribution is -2.11. The highest BCUT2D eigenvalue weighted by Gasteiger charge is 2.31. The van der Waals surface area contributed by atoms with Gasteiger partial charge in [-0.15, -0.1) is 0 Å². The van der Waals surface area contributed by atoms with Gasteiger partial charge in [-0.05, 0) is 25.0 Å². The van der Waals surface area contributed by atoms with E-state index in [2.05, 4.69) is 5.32 Å². The van der Waals surface area contributed by atoms with Crippen molar-refractivity contribution in [2.75, 3.05) is 18.5 Å². The molecule has 1 amide bonds. The highest BCUT2D eigenvalue weighted by molar-refractivity contribution is 6.17. The Bertz CT molecular complexity index is 658. The summed E-state index contributed by atoms with van der Waals surface area (Å²) in [5, 5.41) is 2.44. The van der Waals surface area contributed by atoms with E-state index in [1.54, 1.807) is 44.2 Å². The van der Waals surface area contributed by atoms with Crippen LogP contribution in [0.2, 0.25) is 0 Å². The van der Waals surface area contributed by atoms with Crippen LogP contribution in [0.3, 0.4) is 0 Å². The van der Waals surface area contributed by atoms with E-state index in [9.17, 15) is 14.4 Å². The molecule has 0 aromatic carbocycles. The van der Waals surface area contributed by atoms with Crippen LogP contribution in [0.15, 0.2) is 30.3 Å². The maximum absolute atomic E-state index is 12.3. The molecule has 2 rings (SSSR count). The van der Waals surface area contributed by atoms with Gasteiger partial charge in [0.2, 0.25) is 6.41 Å². The molecule has 23 heavy (non-hydrogen) atoms. The second-order valence-corrected chi connectivity index (χ2v) is 4.57. The normalized spacial score (nSPS) is 10.2.